The van der Waals surface area contributed by atoms with Crippen LogP contribution in [0.4, 0.5) is 0 Å². The molecule has 2 amide bonds. The summed E-state index contributed by atoms with van der Waals surface area (Å²) in [5.74, 6) is 2.32. The molecule has 39 heavy (non-hydrogen) atoms. The van der Waals surface area contributed by atoms with E-state index in [9.17, 15) is 9.59 Å². The Labute approximate surface area is 233 Å². The van der Waals surface area contributed by atoms with E-state index in [2.05, 4.69) is 44.3 Å². The Morgan fingerprint density at radius 3 is 2.23 bits per heavy atom. The number of piperidine rings is 1. The van der Waals surface area contributed by atoms with Gasteiger partial charge in [0.15, 0.2) is 0 Å². The lowest BCUT2D eigenvalue weighted by molar-refractivity contribution is -0.122. The van der Waals surface area contributed by atoms with Crippen molar-refractivity contribution in [3.63, 3.8) is 0 Å². The topological polar surface area (TPSA) is 55.9 Å². The fourth-order valence-corrected chi connectivity index (χ4v) is 7.88. The van der Waals surface area contributed by atoms with Crippen LogP contribution in [0.1, 0.15) is 65.2 Å². The summed E-state index contributed by atoms with van der Waals surface area (Å²) in [6.07, 6.45) is 5.53. The highest BCUT2D eigenvalue weighted by molar-refractivity contribution is 5.97. The number of amides is 2. The smallest absolute Gasteiger partial charge is 0.254 e. The van der Waals surface area contributed by atoms with Crippen LogP contribution in [0, 0.1) is 31.6 Å². The van der Waals surface area contributed by atoms with Crippen molar-refractivity contribution in [3.8, 4) is 0 Å². The molecule has 4 fully saturated rings. The number of aryl methyl sites for hydroxylation is 2. The van der Waals surface area contributed by atoms with Crippen molar-refractivity contribution in [2.75, 3.05) is 45.8 Å². The Balaban J connectivity index is 1.01. The number of benzene rings is 2. The zero-order valence-electron chi connectivity index (χ0n) is 23.6. The Morgan fingerprint density at radius 2 is 1.59 bits per heavy atom. The van der Waals surface area contributed by atoms with E-state index in [0.717, 1.165) is 68.3 Å². The van der Waals surface area contributed by atoms with Crippen LogP contribution >= 0.6 is 0 Å². The van der Waals surface area contributed by atoms with Gasteiger partial charge in [-0.25, -0.2) is 0 Å². The molecule has 6 heteroatoms. The lowest BCUT2D eigenvalue weighted by Crippen LogP contribution is -2.38. The fourth-order valence-electron chi connectivity index (χ4n) is 7.88. The van der Waals surface area contributed by atoms with Crippen molar-refractivity contribution in [2.45, 2.75) is 58.0 Å². The zero-order chi connectivity index (χ0) is 26.9. The minimum atomic E-state index is 0.0382. The van der Waals surface area contributed by atoms with Gasteiger partial charge < -0.3 is 15.1 Å². The van der Waals surface area contributed by atoms with Crippen LogP contribution in [0.15, 0.2) is 48.5 Å². The number of carbonyl (C=O) groups is 2. The van der Waals surface area contributed by atoms with Gasteiger partial charge in [-0.15, -0.1) is 0 Å². The Morgan fingerprint density at radius 1 is 0.872 bits per heavy atom. The average Bonchev–Trinajstić information content (AvgIpc) is 3.71. The molecule has 6 nitrogen and oxygen atoms in total. The van der Waals surface area contributed by atoms with Gasteiger partial charge in [-0.3, -0.25) is 14.5 Å². The van der Waals surface area contributed by atoms with E-state index in [-0.39, 0.29) is 17.9 Å². The second-order valence-electron chi connectivity index (χ2n) is 12.7. The standard InChI is InChI=1S/C33H44N4O2/c1-23-7-6-8-24(2)32(23)33(39)37-21-27-19-35(20-28(27)22-37)15-13-30(26-9-4-3-5-10-26)34-31(38)14-16-36-18-25-11-12-29(36)17-25/h3-10,25,27-30H,11-22H2,1-2H3,(H,34,38)/t25?,27-,28?,29?,30?/m0/s1. The maximum absolute atomic E-state index is 13.3. The van der Waals surface area contributed by atoms with Crippen LogP contribution in [-0.4, -0.2) is 78.4 Å². The first-order valence-electron chi connectivity index (χ1n) is 15.1. The number of hydrogen-bond acceptors (Lipinski definition) is 4. The van der Waals surface area contributed by atoms with E-state index in [0.29, 0.717) is 24.3 Å². The van der Waals surface area contributed by atoms with E-state index >= 15 is 0 Å². The summed E-state index contributed by atoms with van der Waals surface area (Å²) >= 11 is 0. The molecule has 5 atom stereocenters. The third-order valence-electron chi connectivity index (χ3n) is 9.96. The number of likely N-dealkylation sites (tertiary alicyclic amines) is 3. The summed E-state index contributed by atoms with van der Waals surface area (Å²) in [5, 5.41) is 3.38. The molecular formula is C33H44N4O2. The molecular weight excluding hydrogens is 484 g/mol. The largest absolute Gasteiger partial charge is 0.349 e. The summed E-state index contributed by atoms with van der Waals surface area (Å²) in [4.78, 5) is 33.5. The van der Waals surface area contributed by atoms with E-state index in [4.69, 9.17) is 0 Å². The number of nitrogens with one attached hydrogen (secondary N) is 1. The molecule has 0 spiro atoms. The summed E-state index contributed by atoms with van der Waals surface area (Å²) in [6.45, 7) is 10.9. The normalized spacial score (nSPS) is 27.2. The fraction of sp³-hybridized carbons (Fsp3) is 0.576. The predicted molar refractivity (Wildman–Crippen MR) is 155 cm³/mol. The van der Waals surface area contributed by atoms with Crippen molar-refractivity contribution < 1.29 is 9.59 Å². The monoisotopic (exact) mass is 528 g/mol. The molecule has 6 rings (SSSR count). The minimum Gasteiger partial charge on any atom is -0.349 e. The summed E-state index contributed by atoms with van der Waals surface area (Å²) in [6, 6.07) is 17.3. The molecule has 2 aromatic carbocycles. The molecule has 4 unspecified atom stereocenters. The first kappa shape index (κ1) is 26.5. The zero-order valence-corrected chi connectivity index (χ0v) is 23.6. The number of nitrogens with zero attached hydrogens (tertiary/aromatic N) is 3. The first-order valence-corrected chi connectivity index (χ1v) is 15.1. The Kier molecular flexibility index (Phi) is 7.77. The van der Waals surface area contributed by atoms with Gasteiger partial charge in [-0.05, 0) is 74.0 Å². The van der Waals surface area contributed by atoms with E-state index in [1.807, 2.05) is 38.1 Å². The maximum Gasteiger partial charge on any atom is 0.254 e. The molecule has 1 saturated carbocycles. The van der Waals surface area contributed by atoms with Crippen LogP contribution in [0.5, 0.6) is 0 Å². The van der Waals surface area contributed by atoms with E-state index in [1.54, 1.807) is 0 Å². The van der Waals surface area contributed by atoms with Crippen molar-refractivity contribution in [1.82, 2.24) is 20.0 Å². The lowest BCUT2D eigenvalue weighted by Gasteiger charge is -2.27. The molecule has 0 aromatic heterocycles. The summed E-state index contributed by atoms with van der Waals surface area (Å²) in [5.41, 5.74) is 4.21. The van der Waals surface area contributed by atoms with Crippen molar-refractivity contribution in [1.29, 1.82) is 0 Å². The van der Waals surface area contributed by atoms with Crippen LogP contribution in [-0.2, 0) is 4.79 Å². The number of hydrogen-bond donors (Lipinski definition) is 1. The third kappa shape index (κ3) is 5.78. The Bertz CT molecular complexity index is 1150. The highest BCUT2D eigenvalue weighted by Crippen LogP contribution is 2.37. The van der Waals surface area contributed by atoms with Crippen molar-refractivity contribution >= 4 is 11.8 Å². The van der Waals surface area contributed by atoms with E-state index < -0.39 is 0 Å². The van der Waals surface area contributed by atoms with Crippen molar-refractivity contribution in [3.05, 3.63) is 70.8 Å². The molecule has 2 bridgehead atoms. The van der Waals surface area contributed by atoms with Crippen LogP contribution in [0.3, 0.4) is 0 Å². The van der Waals surface area contributed by atoms with Gasteiger partial charge in [0.25, 0.3) is 5.91 Å². The van der Waals surface area contributed by atoms with Gasteiger partial charge in [-0.1, -0.05) is 48.5 Å². The highest BCUT2D eigenvalue weighted by atomic mass is 16.2. The molecule has 2 aromatic rings. The maximum atomic E-state index is 13.3. The second-order valence-corrected chi connectivity index (χ2v) is 12.7. The van der Waals surface area contributed by atoms with Gasteiger partial charge in [0.05, 0.1) is 6.04 Å². The van der Waals surface area contributed by atoms with Gasteiger partial charge in [0.1, 0.15) is 0 Å². The minimum absolute atomic E-state index is 0.0382. The van der Waals surface area contributed by atoms with Gasteiger partial charge in [0, 0.05) is 63.8 Å². The molecule has 1 aliphatic carbocycles. The predicted octanol–water partition coefficient (Wildman–Crippen LogP) is 4.43. The van der Waals surface area contributed by atoms with Crippen LogP contribution < -0.4 is 5.32 Å². The molecule has 1 N–H and O–H groups in total. The van der Waals surface area contributed by atoms with Gasteiger partial charge in [0.2, 0.25) is 5.91 Å². The first-order chi connectivity index (χ1) is 18.9. The van der Waals surface area contributed by atoms with Crippen LogP contribution in [0.25, 0.3) is 0 Å². The SMILES string of the molecule is Cc1cccc(C)c1C(=O)N1CC2CN(CCC(NC(=O)CCN3CC4CCC3C4)c3ccccc3)C[C@H]2C1. The second kappa shape index (κ2) is 11.4. The van der Waals surface area contributed by atoms with Crippen molar-refractivity contribution in [2.24, 2.45) is 17.8 Å². The summed E-state index contributed by atoms with van der Waals surface area (Å²) in [7, 11) is 0. The molecule has 3 saturated heterocycles. The van der Waals surface area contributed by atoms with Gasteiger partial charge in [-0.2, -0.15) is 0 Å². The molecule has 0 radical (unpaired) electrons. The number of carbonyl (C=O) groups excluding carboxylic acids is 2. The Hall–Kier alpha value is -2.70. The molecule has 208 valence electrons. The lowest BCUT2D eigenvalue weighted by atomic mass is 10.0. The molecule has 4 aliphatic rings. The van der Waals surface area contributed by atoms with Crippen LogP contribution in [0.2, 0.25) is 0 Å². The van der Waals surface area contributed by atoms with E-state index in [1.165, 1.54) is 31.4 Å². The quantitative estimate of drug-likeness (QED) is 0.523. The summed E-state index contributed by atoms with van der Waals surface area (Å²) < 4.78 is 0. The number of fused-ring (bicyclic) bond motifs is 3. The van der Waals surface area contributed by atoms with Gasteiger partial charge >= 0.3 is 0 Å². The molecule has 3 heterocycles. The average molecular weight is 529 g/mol. The third-order valence-corrected chi connectivity index (χ3v) is 9.96. The highest BCUT2D eigenvalue weighted by Gasteiger charge is 2.42. The molecule has 3 aliphatic heterocycles. The number of rotatable bonds is 9.